The molecule has 0 heterocycles. The number of rotatable bonds is 0. The molecule has 0 saturated carbocycles. The molecule has 0 radical (unpaired) electrons. The van der Waals surface area contributed by atoms with Crippen LogP contribution >= 0.6 is 20.2 Å². The normalized spacial score (nSPS) is 5.50. The van der Waals surface area contributed by atoms with Crippen molar-refractivity contribution in [2.45, 2.75) is 0 Å². The molecule has 0 fully saturated rings. The fourth-order valence-corrected chi connectivity index (χ4v) is 0. The van der Waals surface area contributed by atoms with Crippen LogP contribution < -0.4 is 0 Å². The molecule has 0 aliphatic carbocycles. The van der Waals surface area contributed by atoms with Crippen LogP contribution in [0.5, 0.6) is 0 Å². The first-order valence-electron chi connectivity index (χ1n) is 0.228. The van der Waals surface area contributed by atoms with Gasteiger partial charge >= 0.3 is 33.3 Å². The summed E-state index contributed by atoms with van der Waals surface area (Å²) in [5.74, 6) is 0. The fourth-order valence-electron chi connectivity index (χ4n) is 0. The van der Waals surface area contributed by atoms with Crippen LogP contribution in [0, 0.1) is 0 Å². The van der Waals surface area contributed by atoms with Crippen LogP contribution in [0.25, 0.3) is 0 Å². The first kappa shape index (κ1) is 9.21. The van der Waals surface area contributed by atoms with E-state index in [1.54, 1.807) is 0 Å². The molecule has 0 nitrogen and oxygen atoms in total. The molecule has 0 aromatic heterocycles. The monoisotopic (exact) mass is 197 g/mol. The van der Waals surface area contributed by atoms with Gasteiger partial charge < -0.3 is 0 Å². The molecule has 0 atom stereocenters. The summed E-state index contributed by atoms with van der Waals surface area (Å²) in [5.41, 5.74) is 0. The SMILES string of the molecule is [Cl][Cu][Cl].[Zn]. The molecule has 0 N–H and O–H groups in total. The van der Waals surface area contributed by atoms with E-state index in [1.807, 2.05) is 0 Å². The topological polar surface area (TPSA) is 0 Å². The quantitative estimate of drug-likeness (QED) is 0.518. The Balaban J connectivity index is 0. The Hall–Kier alpha value is 1.72. The van der Waals surface area contributed by atoms with Crippen LogP contribution in [0.4, 0.5) is 0 Å². The van der Waals surface area contributed by atoms with Gasteiger partial charge in [0.05, 0.1) is 0 Å². The van der Waals surface area contributed by atoms with Crippen molar-refractivity contribution < 1.29 is 32.6 Å². The number of halogens is 2. The zero-order chi connectivity index (χ0) is 2.71. The zero-order valence-corrected chi connectivity index (χ0v) is 7.19. The van der Waals surface area contributed by atoms with Crippen molar-refractivity contribution in [1.82, 2.24) is 0 Å². The molecular weight excluding hydrogens is 200 g/mol. The van der Waals surface area contributed by atoms with Crippen molar-refractivity contribution in [3.8, 4) is 0 Å². The average Bonchev–Trinajstić information content (AvgIpc) is 0.918. The Morgan fingerprint density at radius 1 is 1.25 bits per heavy atom. The van der Waals surface area contributed by atoms with Crippen molar-refractivity contribution in [3.05, 3.63) is 0 Å². The van der Waals surface area contributed by atoms with E-state index in [0.717, 1.165) is 13.1 Å². The maximum Gasteiger partial charge on any atom is 0 e. The van der Waals surface area contributed by atoms with Gasteiger partial charge in [0, 0.05) is 19.5 Å². The van der Waals surface area contributed by atoms with Crippen LogP contribution in [0.1, 0.15) is 0 Å². The Morgan fingerprint density at radius 2 is 1.25 bits per heavy atom. The summed E-state index contributed by atoms with van der Waals surface area (Å²) in [5, 5.41) is 0. The van der Waals surface area contributed by atoms with E-state index in [-0.39, 0.29) is 19.5 Å². The number of hydrogen-bond acceptors (Lipinski definition) is 0. The molecule has 0 saturated heterocycles. The van der Waals surface area contributed by atoms with Crippen molar-refractivity contribution >= 4 is 20.2 Å². The third-order valence-corrected chi connectivity index (χ3v) is 0. The minimum Gasteiger partial charge on any atom is 0 e. The second-order valence-electron chi connectivity index (χ2n) is 0.0431. The van der Waals surface area contributed by atoms with E-state index < -0.39 is 0 Å². The van der Waals surface area contributed by atoms with Crippen LogP contribution in [0.15, 0.2) is 0 Å². The predicted octanol–water partition coefficient (Wildman–Crippen LogP) is 1.37. The van der Waals surface area contributed by atoms with Gasteiger partial charge in [0.2, 0.25) is 0 Å². The van der Waals surface area contributed by atoms with Gasteiger partial charge in [-0.1, -0.05) is 0 Å². The van der Waals surface area contributed by atoms with Crippen molar-refractivity contribution in [1.29, 1.82) is 0 Å². The summed E-state index contributed by atoms with van der Waals surface area (Å²) in [4.78, 5) is 0. The van der Waals surface area contributed by atoms with Gasteiger partial charge in [-0.25, -0.2) is 0 Å². The van der Waals surface area contributed by atoms with Gasteiger partial charge in [-0.05, 0) is 0 Å². The van der Waals surface area contributed by atoms with E-state index in [4.69, 9.17) is 0 Å². The Bertz CT molecular complexity index is 6.00. The molecule has 4 heteroatoms. The van der Waals surface area contributed by atoms with E-state index in [2.05, 4.69) is 20.2 Å². The predicted molar refractivity (Wildman–Crippen MR) is 11.7 cm³/mol. The maximum absolute atomic E-state index is 4.67. The van der Waals surface area contributed by atoms with Gasteiger partial charge in [-0.2, -0.15) is 0 Å². The summed E-state index contributed by atoms with van der Waals surface area (Å²) in [6.45, 7) is 0. The van der Waals surface area contributed by atoms with Crippen molar-refractivity contribution in [2.75, 3.05) is 0 Å². The Labute approximate surface area is 52.6 Å². The molecule has 27 valence electrons. The summed E-state index contributed by atoms with van der Waals surface area (Å²) in [6.07, 6.45) is 0. The third-order valence-electron chi connectivity index (χ3n) is 0. The molecule has 0 aromatic carbocycles. The zero-order valence-electron chi connectivity index (χ0n) is 1.76. The van der Waals surface area contributed by atoms with Crippen molar-refractivity contribution in [3.63, 3.8) is 0 Å². The fraction of sp³-hybridized carbons (Fsp3) is 0. The summed E-state index contributed by atoms with van der Waals surface area (Å²) in [7, 11) is 9.34. The summed E-state index contributed by atoms with van der Waals surface area (Å²) in [6, 6.07) is 0. The minimum atomic E-state index is 0. The van der Waals surface area contributed by atoms with Gasteiger partial charge in [-0.3, -0.25) is 0 Å². The smallest absolute Gasteiger partial charge is 0 e. The summed E-state index contributed by atoms with van der Waals surface area (Å²) < 4.78 is 0. The average molecular weight is 200 g/mol. The minimum absolute atomic E-state index is 0. The van der Waals surface area contributed by atoms with Crippen LogP contribution in [-0.4, -0.2) is 0 Å². The van der Waals surface area contributed by atoms with E-state index in [0.29, 0.717) is 0 Å². The first-order valence-corrected chi connectivity index (χ1v) is 2.82. The molecule has 0 aromatic rings. The molecule has 0 aliphatic rings. The maximum atomic E-state index is 4.67. The molecule has 0 aliphatic heterocycles. The van der Waals surface area contributed by atoms with Crippen LogP contribution in [0.3, 0.4) is 0 Å². The molecule has 0 unspecified atom stereocenters. The first-order chi connectivity index (χ1) is 1.41. The molecule has 0 rings (SSSR count). The molecule has 0 spiro atoms. The van der Waals surface area contributed by atoms with Crippen molar-refractivity contribution in [2.24, 2.45) is 0 Å². The largest absolute Gasteiger partial charge is 0 e. The molecule has 0 amide bonds. The van der Waals surface area contributed by atoms with Gasteiger partial charge in [0.1, 0.15) is 0 Å². The standard InChI is InChI=1S/2ClH.Cu.Zn/h2*1H;;/q;;+2;/p-2. The van der Waals surface area contributed by atoms with Crippen LogP contribution in [0.2, 0.25) is 0 Å². The Morgan fingerprint density at radius 3 is 1.25 bits per heavy atom. The second kappa shape index (κ2) is 8.83. The van der Waals surface area contributed by atoms with Gasteiger partial charge in [0.15, 0.2) is 0 Å². The molecule has 4 heavy (non-hydrogen) atoms. The van der Waals surface area contributed by atoms with Gasteiger partial charge in [0.25, 0.3) is 0 Å². The second-order valence-corrected chi connectivity index (χ2v) is 1.60. The molecule has 0 bridgehead atoms. The molecular formula is Cl2CuZn. The van der Waals surface area contributed by atoms with E-state index in [1.165, 1.54) is 0 Å². The van der Waals surface area contributed by atoms with E-state index in [9.17, 15) is 0 Å². The number of hydrogen-bond donors (Lipinski definition) is 0. The summed E-state index contributed by atoms with van der Waals surface area (Å²) >= 11 is 0.757. The Kier molecular flexibility index (Phi) is 20.3. The third kappa shape index (κ3) is 9.30. The van der Waals surface area contributed by atoms with Gasteiger partial charge in [-0.15, -0.1) is 0 Å². The van der Waals surface area contributed by atoms with Crippen LogP contribution in [-0.2, 0) is 32.6 Å². The van der Waals surface area contributed by atoms with E-state index >= 15 is 0 Å².